The van der Waals surface area contributed by atoms with Gasteiger partial charge >= 0.3 is 6.18 Å². The summed E-state index contributed by atoms with van der Waals surface area (Å²) in [7, 11) is 0. The lowest BCUT2D eigenvalue weighted by atomic mass is 10.2. The number of anilines is 1. The number of nitrogens with one attached hydrogen (secondary N) is 1. The van der Waals surface area contributed by atoms with E-state index in [1.165, 1.54) is 12.3 Å². The highest BCUT2D eigenvalue weighted by molar-refractivity contribution is 5.91. The molecule has 74 valence electrons. The average molecular weight is 201 g/mol. The highest BCUT2D eigenvalue weighted by Gasteiger charge is 2.34. The maximum atomic E-state index is 12.4. The zero-order chi connectivity index (χ0) is 10.3. The second-order valence-corrected chi connectivity index (χ2v) is 2.82. The number of hydrogen-bond donors (Lipinski definition) is 2. The number of alkyl halides is 3. The van der Waals surface area contributed by atoms with Crippen molar-refractivity contribution in [2.45, 2.75) is 6.18 Å². The van der Waals surface area contributed by atoms with Crippen molar-refractivity contribution < 1.29 is 13.2 Å². The van der Waals surface area contributed by atoms with Gasteiger partial charge in [0.1, 0.15) is 5.65 Å². The molecule has 0 fully saturated rings. The Balaban J connectivity index is 2.80. The Morgan fingerprint density at radius 2 is 2.07 bits per heavy atom. The average Bonchev–Trinajstić information content (AvgIpc) is 2.47. The van der Waals surface area contributed by atoms with Crippen LogP contribution in [0.3, 0.4) is 0 Å². The second-order valence-electron chi connectivity index (χ2n) is 2.82. The van der Waals surface area contributed by atoms with Crippen LogP contribution in [0.15, 0.2) is 18.5 Å². The Hall–Kier alpha value is -1.72. The van der Waals surface area contributed by atoms with Crippen LogP contribution in [0.4, 0.5) is 18.9 Å². The van der Waals surface area contributed by atoms with E-state index in [2.05, 4.69) is 9.97 Å². The fourth-order valence-corrected chi connectivity index (χ4v) is 1.31. The second kappa shape index (κ2) is 2.63. The largest absolute Gasteiger partial charge is 0.418 e. The zero-order valence-electron chi connectivity index (χ0n) is 6.89. The number of H-pyrrole nitrogens is 1. The van der Waals surface area contributed by atoms with Gasteiger partial charge in [0, 0.05) is 18.1 Å². The standard InChI is InChI=1S/C8H6F3N3/c9-8(10,11)4-3-14-7-6(4)5(12)1-2-13-7/h1-3H,(H3,12,13,14). The van der Waals surface area contributed by atoms with Gasteiger partial charge in [0.15, 0.2) is 0 Å². The predicted molar refractivity (Wildman–Crippen MR) is 45.5 cm³/mol. The van der Waals surface area contributed by atoms with Gasteiger partial charge in [-0.1, -0.05) is 0 Å². The van der Waals surface area contributed by atoms with Crippen molar-refractivity contribution in [3.8, 4) is 0 Å². The third kappa shape index (κ3) is 1.19. The minimum atomic E-state index is -4.41. The summed E-state index contributed by atoms with van der Waals surface area (Å²) >= 11 is 0. The molecular formula is C8H6F3N3. The minimum absolute atomic E-state index is 0.0694. The quantitative estimate of drug-likeness (QED) is 0.686. The van der Waals surface area contributed by atoms with Crippen LogP contribution >= 0.6 is 0 Å². The van der Waals surface area contributed by atoms with Crippen molar-refractivity contribution in [3.63, 3.8) is 0 Å². The lowest BCUT2D eigenvalue weighted by Crippen LogP contribution is -2.04. The number of nitrogen functional groups attached to an aromatic ring is 1. The van der Waals surface area contributed by atoms with E-state index in [1.807, 2.05) is 0 Å². The van der Waals surface area contributed by atoms with Crippen molar-refractivity contribution in [1.29, 1.82) is 0 Å². The number of rotatable bonds is 0. The van der Waals surface area contributed by atoms with Gasteiger partial charge < -0.3 is 10.7 Å². The Kier molecular flexibility index (Phi) is 1.67. The third-order valence-electron chi connectivity index (χ3n) is 1.91. The third-order valence-corrected chi connectivity index (χ3v) is 1.91. The summed E-state index contributed by atoms with van der Waals surface area (Å²) in [5, 5.41) is -0.0694. The molecule has 6 heteroatoms. The first-order valence-electron chi connectivity index (χ1n) is 3.79. The summed E-state index contributed by atoms with van der Waals surface area (Å²) in [5.74, 6) is 0. The topological polar surface area (TPSA) is 54.7 Å². The van der Waals surface area contributed by atoms with E-state index in [0.717, 1.165) is 6.20 Å². The SMILES string of the molecule is Nc1ccnc2[nH]cc(C(F)(F)F)c12. The van der Waals surface area contributed by atoms with Gasteiger partial charge in [-0.3, -0.25) is 0 Å². The van der Waals surface area contributed by atoms with E-state index in [1.54, 1.807) is 0 Å². The summed E-state index contributed by atoms with van der Waals surface area (Å²) < 4.78 is 37.3. The number of aromatic amines is 1. The fourth-order valence-electron chi connectivity index (χ4n) is 1.31. The van der Waals surface area contributed by atoms with E-state index >= 15 is 0 Å². The molecule has 0 saturated carbocycles. The maximum absolute atomic E-state index is 12.4. The van der Waals surface area contributed by atoms with Crippen LogP contribution < -0.4 is 5.73 Å². The molecule has 0 aliphatic heterocycles. The van der Waals surface area contributed by atoms with Crippen LogP contribution in [0.1, 0.15) is 5.56 Å². The van der Waals surface area contributed by atoms with Gasteiger partial charge in [0.2, 0.25) is 0 Å². The first-order valence-corrected chi connectivity index (χ1v) is 3.79. The minimum Gasteiger partial charge on any atom is -0.398 e. The number of hydrogen-bond acceptors (Lipinski definition) is 2. The number of fused-ring (bicyclic) bond motifs is 1. The number of halogens is 3. The molecule has 0 unspecified atom stereocenters. The molecule has 0 saturated heterocycles. The molecule has 3 N–H and O–H groups in total. The monoisotopic (exact) mass is 201 g/mol. The Labute approximate surface area is 76.7 Å². The van der Waals surface area contributed by atoms with Crippen LogP contribution in [0, 0.1) is 0 Å². The van der Waals surface area contributed by atoms with Crippen LogP contribution in [0.2, 0.25) is 0 Å². The molecule has 0 bridgehead atoms. The van der Waals surface area contributed by atoms with E-state index in [-0.39, 0.29) is 16.7 Å². The zero-order valence-corrected chi connectivity index (χ0v) is 6.89. The number of nitrogens with two attached hydrogens (primary N) is 1. The van der Waals surface area contributed by atoms with Crippen LogP contribution in [-0.2, 0) is 6.18 Å². The smallest absolute Gasteiger partial charge is 0.398 e. The van der Waals surface area contributed by atoms with Crippen molar-refractivity contribution >= 4 is 16.7 Å². The molecule has 0 aromatic carbocycles. The first-order chi connectivity index (χ1) is 6.50. The van der Waals surface area contributed by atoms with Crippen molar-refractivity contribution in [2.24, 2.45) is 0 Å². The molecule has 2 rings (SSSR count). The summed E-state index contributed by atoms with van der Waals surface area (Å²) in [6, 6.07) is 1.34. The van der Waals surface area contributed by atoms with Gasteiger partial charge in [0.25, 0.3) is 0 Å². The normalized spacial score (nSPS) is 12.2. The molecule has 2 aromatic rings. The Morgan fingerprint density at radius 3 is 2.71 bits per heavy atom. The number of aromatic nitrogens is 2. The van der Waals surface area contributed by atoms with Crippen LogP contribution in [0.5, 0.6) is 0 Å². The molecule has 0 aliphatic rings. The summed E-state index contributed by atoms with van der Waals surface area (Å²) in [6.07, 6.45) is -2.18. The van der Waals surface area contributed by atoms with Crippen molar-refractivity contribution in [1.82, 2.24) is 9.97 Å². The fraction of sp³-hybridized carbons (Fsp3) is 0.125. The van der Waals surface area contributed by atoms with E-state index in [9.17, 15) is 13.2 Å². The summed E-state index contributed by atoms with van der Waals surface area (Å²) in [6.45, 7) is 0. The molecule has 0 atom stereocenters. The van der Waals surface area contributed by atoms with Gasteiger partial charge in [-0.2, -0.15) is 13.2 Å². The van der Waals surface area contributed by atoms with Gasteiger partial charge in [-0.25, -0.2) is 4.98 Å². The molecule has 0 aliphatic carbocycles. The van der Waals surface area contributed by atoms with Gasteiger partial charge in [-0.15, -0.1) is 0 Å². The Morgan fingerprint density at radius 1 is 1.36 bits per heavy atom. The van der Waals surface area contributed by atoms with Crippen LogP contribution in [-0.4, -0.2) is 9.97 Å². The van der Waals surface area contributed by atoms with Crippen LogP contribution in [0.25, 0.3) is 11.0 Å². The highest BCUT2D eigenvalue weighted by Crippen LogP contribution is 2.36. The maximum Gasteiger partial charge on any atom is 0.418 e. The summed E-state index contributed by atoms with van der Waals surface area (Å²) in [5.41, 5.74) is 4.88. The summed E-state index contributed by atoms with van der Waals surface area (Å²) in [4.78, 5) is 6.17. The molecule has 3 nitrogen and oxygen atoms in total. The first kappa shape index (κ1) is 8.86. The predicted octanol–water partition coefficient (Wildman–Crippen LogP) is 2.16. The highest BCUT2D eigenvalue weighted by atomic mass is 19.4. The van der Waals surface area contributed by atoms with Gasteiger partial charge in [0.05, 0.1) is 10.9 Å². The molecule has 0 spiro atoms. The van der Waals surface area contributed by atoms with E-state index < -0.39 is 11.7 Å². The number of pyridine rings is 1. The molecule has 2 heterocycles. The lowest BCUT2D eigenvalue weighted by Gasteiger charge is -2.04. The molecule has 0 radical (unpaired) electrons. The van der Waals surface area contributed by atoms with E-state index in [4.69, 9.17) is 5.73 Å². The van der Waals surface area contributed by atoms with E-state index in [0.29, 0.717) is 0 Å². The molecule has 0 amide bonds. The molecule has 14 heavy (non-hydrogen) atoms. The molecular weight excluding hydrogens is 195 g/mol. The van der Waals surface area contributed by atoms with Gasteiger partial charge in [-0.05, 0) is 6.07 Å². The Bertz CT molecular complexity index is 472. The number of nitrogens with zero attached hydrogens (tertiary/aromatic N) is 1. The van der Waals surface area contributed by atoms with Crippen molar-refractivity contribution in [3.05, 3.63) is 24.0 Å². The van der Waals surface area contributed by atoms with Crippen molar-refractivity contribution in [2.75, 3.05) is 5.73 Å². The molecule has 2 aromatic heterocycles. The lowest BCUT2D eigenvalue weighted by molar-refractivity contribution is -0.136.